The molecule has 74 valence electrons. The number of nitrogens with one attached hydrogen (secondary N) is 1. The number of aliphatic hydroxyl groups excluding tert-OH is 1. The summed E-state index contributed by atoms with van der Waals surface area (Å²) < 4.78 is 0. The molecular formula is C11H14N2O. The van der Waals surface area contributed by atoms with Crippen LogP contribution in [0.15, 0.2) is 24.3 Å². The van der Waals surface area contributed by atoms with Crippen LogP contribution in [0, 0.1) is 5.92 Å². The van der Waals surface area contributed by atoms with Crippen molar-refractivity contribution in [1.82, 2.24) is 10.2 Å². The summed E-state index contributed by atoms with van der Waals surface area (Å²) in [5.41, 5.74) is 1.72. The number of fused-ring (bicyclic) bond motifs is 1. The van der Waals surface area contributed by atoms with E-state index in [0.29, 0.717) is 0 Å². The molecule has 0 aliphatic rings. The van der Waals surface area contributed by atoms with Crippen LogP contribution < -0.4 is 0 Å². The summed E-state index contributed by atoms with van der Waals surface area (Å²) >= 11 is 0. The van der Waals surface area contributed by atoms with Crippen molar-refractivity contribution in [2.75, 3.05) is 0 Å². The molecule has 2 aromatic rings. The van der Waals surface area contributed by atoms with E-state index in [9.17, 15) is 5.11 Å². The van der Waals surface area contributed by atoms with Gasteiger partial charge in [-0.2, -0.15) is 5.10 Å². The van der Waals surface area contributed by atoms with Gasteiger partial charge in [0.25, 0.3) is 0 Å². The fourth-order valence-electron chi connectivity index (χ4n) is 1.54. The third-order valence-electron chi connectivity index (χ3n) is 2.42. The van der Waals surface area contributed by atoms with Gasteiger partial charge in [-0.1, -0.05) is 32.0 Å². The standard InChI is InChI=1S/C11H14N2O/c1-7(2)11(14)10-8-5-3-4-6-9(8)12-13-10/h3-7,11,14H,1-2H3,(H,12,13). The summed E-state index contributed by atoms with van der Waals surface area (Å²) in [7, 11) is 0. The molecule has 14 heavy (non-hydrogen) atoms. The third kappa shape index (κ3) is 1.40. The van der Waals surface area contributed by atoms with E-state index in [1.165, 1.54) is 0 Å². The molecule has 0 saturated heterocycles. The van der Waals surface area contributed by atoms with Gasteiger partial charge in [0.2, 0.25) is 0 Å². The maximum atomic E-state index is 9.91. The van der Waals surface area contributed by atoms with Crippen LogP contribution in [-0.2, 0) is 0 Å². The predicted octanol–water partition coefficient (Wildman–Crippen LogP) is 2.25. The molecular weight excluding hydrogens is 176 g/mol. The minimum absolute atomic E-state index is 0.193. The Hall–Kier alpha value is -1.35. The Morgan fingerprint density at radius 3 is 2.71 bits per heavy atom. The highest BCUT2D eigenvalue weighted by molar-refractivity contribution is 5.81. The summed E-state index contributed by atoms with van der Waals surface area (Å²) in [6, 6.07) is 7.80. The van der Waals surface area contributed by atoms with Crippen molar-refractivity contribution in [2.24, 2.45) is 5.92 Å². The highest BCUT2D eigenvalue weighted by Gasteiger charge is 2.16. The summed E-state index contributed by atoms with van der Waals surface area (Å²) in [5, 5.41) is 18.0. The van der Waals surface area contributed by atoms with Gasteiger partial charge in [-0.05, 0) is 12.0 Å². The molecule has 3 nitrogen and oxygen atoms in total. The first-order valence-corrected chi connectivity index (χ1v) is 4.81. The number of aromatic amines is 1. The van der Waals surface area contributed by atoms with Crippen molar-refractivity contribution in [2.45, 2.75) is 20.0 Å². The maximum Gasteiger partial charge on any atom is 0.0983 e. The minimum Gasteiger partial charge on any atom is -0.387 e. The van der Waals surface area contributed by atoms with Gasteiger partial charge in [0.1, 0.15) is 0 Å². The number of aliphatic hydroxyl groups is 1. The average Bonchev–Trinajstić information content (AvgIpc) is 2.60. The van der Waals surface area contributed by atoms with E-state index in [-0.39, 0.29) is 5.92 Å². The van der Waals surface area contributed by atoms with E-state index in [4.69, 9.17) is 0 Å². The summed E-state index contributed by atoms with van der Waals surface area (Å²) in [6.07, 6.45) is -0.470. The van der Waals surface area contributed by atoms with E-state index in [2.05, 4.69) is 10.2 Å². The Morgan fingerprint density at radius 2 is 2.00 bits per heavy atom. The molecule has 0 bridgehead atoms. The van der Waals surface area contributed by atoms with E-state index in [1.54, 1.807) is 0 Å². The molecule has 0 aliphatic heterocycles. The van der Waals surface area contributed by atoms with Crippen molar-refractivity contribution in [1.29, 1.82) is 0 Å². The number of rotatable bonds is 2. The van der Waals surface area contributed by atoms with Crippen molar-refractivity contribution in [3.05, 3.63) is 30.0 Å². The number of nitrogens with zero attached hydrogens (tertiary/aromatic N) is 1. The molecule has 0 saturated carbocycles. The zero-order valence-corrected chi connectivity index (χ0v) is 8.36. The van der Waals surface area contributed by atoms with Crippen LogP contribution in [-0.4, -0.2) is 15.3 Å². The predicted molar refractivity (Wildman–Crippen MR) is 55.9 cm³/mol. The average molecular weight is 190 g/mol. The largest absolute Gasteiger partial charge is 0.387 e. The highest BCUT2D eigenvalue weighted by atomic mass is 16.3. The normalized spacial score (nSPS) is 13.7. The van der Waals surface area contributed by atoms with Gasteiger partial charge < -0.3 is 5.11 Å². The summed E-state index contributed by atoms with van der Waals surface area (Å²) in [5.74, 6) is 0.193. The smallest absolute Gasteiger partial charge is 0.0983 e. The quantitative estimate of drug-likeness (QED) is 0.763. The van der Waals surface area contributed by atoms with Crippen molar-refractivity contribution in [3.63, 3.8) is 0 Å². The lowest BCUT2D eigenvalue weighted by Crippen LogP contribution is -2.06. The number of H-pyrrole nitrogens is 1. The molecule has 0 aliphatic carbocycles. The van der Waals surface area contributed by atoms with Gasteiger partial charge in [0.15, 0.2) is 0 Å². The second kappa shape index (κ2) is 3.42. The van der Waals surface area contributed by atoms with Crippen LogP contribution in [0.5, 0.6) is 0 Å². The Balaban J connectivity index is 2.53. The summed E-state index contributed by atoms with van der Waals surface area (Å²) in [4.78, 5) is 0. The van der Waals surface area contributed by atoms with Crippen LogP contribution in [0.4, 0.5) is 0 Å². The van der Waals surface area contributed by atoms with Gasteiger partial charge in [0.05, 0.1) is 17.3 Å². The number of benzene rings is 1. The van der Waals surface area contributed by atoms with E-state index in [1.807, 2.05) is 38.1 Å². The first-order valence-electron chi connectivity index (χ1n) is 4.81. The number of aromatic nitrogens is 2. The van der Waals surface area contributed by atoms with Crippen molar-refractivity contribution in [3.8, 4) is 0 Å². The fourth-order valence-corrected chi connectivity index (χ4v) is 1.54. The molecule has 3 heteroatoms. The lowest BCUT2D eigenvalue weighted by Gasteiger charge is -2.12. The molecule has 1 aromatic carbocycles. The second-order valence-corrected chi connectivity index (χ2v) is 3.84. The van der Waals surface area contributed by atoms with Crippen molar-refractivity contribution < 1.29 is 5.11 Å². The minimum atomic E-state index is -0.470. The zero-order chi connectivity index (χ0) is 10.1. The Morgan fingerprint density at radius 1 is 1.29 bits per heavy atom. The van der Waals surface area contributed by atoms with Gasteiger partial charge in [-0.15, -0.1) is 0 Å². The first-order chi connectivity index (χ1) is 6.70. The van der Waals surface area contributed by atoms with Gasteiger partial charge in [-0.3, -0.25) is 5.10 Å². The number of hydrogen-bond acceptors (Lipinski definition) is 2. The zero-order valence-electron chi connectivity index (χ0n) is 8.36. The molecule has 0 amide bonds. The Bertz CT molecular complexity index is 434. The van der Waals surface area contributed by atoms with Gasteiger partial charge in [0, 0.05) is 5.39 Å². The third-order valence-corrected chi connectivity index (χ3v) is 2.42. The van der Waals surface area contributed by atoms with Gasteiger partial charge in [-0.25, -0.2) is 0 Å². The maximum absolute atomic E-state index is 9.91. The molecule has 0 radical (unpaired) electrons. The lowest BCUT2D eigenvalue weighted by molar-refractivity contribution is 0.124. The Kier molecular flexibility index (Phi) is 2.25. The molecule has 1 aromatic heterocycles. The fraction of sp³-hybridized carbons (Fsp3) is 0.364. The van der Waals surface area contributed by atoms with Crippen LogP contribution in [0.25, 0.3) is 10.9 Å². The summed E-state index contributed by atoms with van der Waals surface area (Å²) in [6.45, 7) is 3.97. The van der Waals surface area contributed by atoms with Crippen LogP contribution in [0.2, 0.25) is 0 Å². The van der Waals surface area contributed by atoms with Crippen molar-refractivity contribution >= 4 is 10.9 Å². The molecule has 1 heterocycles. The highest BCUT2D eigenvalue weighted by Crippen LogP contribution is 2.26. The van der Waals surface area contributed by atoms with E-state index in [0.717, 1.165) is 16.6 Å². The van der Waals surface area contributed by atoms with E-state index >= 15 is 0 Å². The molecule has 2 N–H and O–H groups in total. The molecule has 0 spiro atoms. The van der Waals surface area contributed by atoms with Crippen LogP contribution in [0.3, 0.4) is 0 Å². The molecule has 0 fully saturated rings. The second-order valence-electron chi connectivity index (χ2n) is 3.84. The number of hydrogen-bond donors (Lipinski definition) is 2. The van der Waals surface area contributed by atoms with Gasteiger partial charge >= 0.3 is 0 Å². The number of para-hydroxylation sites is 1. The lowest BCUT2D eigenvalue weighted by atomic mass is 10.0. The SMILES string of the molecule is CC(C)C(O)c1[nH]nc2ccccc12. The topological polar surface area (TPSA) is 48.9 Å². The molecule has 2 rings (SSSR count). The Labute approximate surface area is 82.8 Å². The molecule has 1 atom stereocenters. The van der Waals surface area contributed by atoms with Crippen LogP contribution >= 0.6 is 0 Å². The molecule has 1 unspecified atom stereocenters. The first kappa shape index (κ1) is 9.21. The monoisotopic (exact) mass is 190 g/mol. The van der Waals surface area contributed by atoms with Crippen LogP contribution in [0.1, 0.15) is 25.6 Å². The van der Waals surface area contributed by atoms with E-state index < -0.39 is 6.10 Å².